The normalized spacial score (nSPS) is 13.2. The minimum absolute atomic E-state index is 0.0600. The van der Waals surface area contributed by atoms with Crippen LogP contribution < -0.4 is 5.73 Å². The van der Waals surface area contributed by atoms with Gasteiger partial charge in [-0.25, -0.2) is 8.42 Å². The summed E-state index contributed by atoms with van der Waals surface area (Å²) in [6.45, 7) is 2.01. The van der Waals surface area contributed by atoms with Crippen LogP contribution in [0.1, 0.15) is 12.5 Å². The van der Waals surface area contributed by atoms with Crippen LogP contribution in [-0.2, 0) is 15.6 Å². The summed E-state index contributed by atoms with van der Waals surface area (Å²) in [4.78, 5) is 10.2. The number of nitro groups is 1. The minimum Gasteiger partial charge on any atom is -0.330 e. The van der Waals surface area contributed by atoms with Gasteiger partial charge in [0.15, 0.2) is 9.84 Å². The Morgan fingerprint density at radius 2 is 2.00 bits per heavy atom. The average molecular weight is 272 g/mol. The molecule has 0 amide bonds. The summed E-state index contributed by atoms with van der Waals surface area (Å²) in [5.74, 6) is -0.540. The van der Waals surface area contributed by atoms with Gasteiger partial charge in [0.25, 0.3) is 5.69 Å². The Hall–Kier alpha value is -1.47. The number of nitrogens with two attached hydrogens (primary N) is 1. The zero-order valence-corrected chi connectivity index (χ0v) is 10.9. The summed E-state index contributed by atoms with van der Waals surface area (Å²) in [5.41, 5.74) is 5.43. The van der Waals surface area contributed by atoms with E-state index in [0.29, 0.717) is 0 Å². The fourth-order valence-corrected chi connectivity index (χ4v) is 3.45. The van der Waals surface area contributed by atoms with E-state index in [-0.39, 0.29) is 35.2 Å². The van der Waals surface area contributed by atoms with Gasteiger partial charge in [-0.2, -0.15) is 0 Å². The molecule has 100 valence electrons. The molecule has 0 aromatic heterocycles. The van der Waals surface area contributed by atoms with E-state index in [1.165, 1.54) is 18.2 Å². The Morgan fingerprint density at radius 1 is 1.39 bits per heavy atom. The van der Waals surface area contributed by atoms with Gasteiger partial charge in [-0.3, -0.25) is 10.1 Å². The number of nitrogens with zero attached hydrogens (tertiary/aromatic N) is 1. The van der Waals surface area contributed by atoms with Crippen molar-refractivity contribution < 1.29 is 13.3 Å². The van der Waals surface area contributed by atoms with Gasteiger partial charge in [0.2, 0.25) is 0 Å². The van der Waals surface area contributed by atoms with E-state index in [2.05, 4.69) is 0 Å². The number of para-hydroxylation sites is 1. The maximum atomic E-state index is 11.9. The highest BCUT2D eigenvalue weighted by Crippen LogP contribution is 2.21. The van der Waals surface area contributed by atoms with Gasteiger partial charge >= 0.3 is 0 Å². The molecule has 0 aliphatic carbocycles. The third kappa shape index (κ3) is 4.08. The Balaban J connectivity index is 2.94. The van der Waals surface area contributed by atoms with Gasteiger partial charge in [0, 0.05) is 11.6 Å². The third-order valence-electron chi connectivity index (χ3n) is 2.50. The molecule has 0 spiro atoms. The molecular weight excluding hydrogens is 256 g/mol. The molecule has 6 nitrogen and oxygen atoms in total. The van der Waals surface area contributed by atoms with Crippen LogP contribution in [0.5, 0.6) is 0 Å². The first kappa shape index (κ1) is 14.6. The molecule has 1 aromatic rings. The number of hydrogen-bond donors (Lipinski definition) is 1. The first-order valence-electron chi connectivity index (χ1n) is 5.48. The van der Waals surface area contributed by atoms with E-state index >= 15 is 0 Å². The van der Waals surface area contributed by atoms with Crippen molar-refractivity contribution in [3.63, 3.8) is 0 Å². The highest BCUT2D eigenvalue weighted by atomic mass is 32.2. The second-order valence-corrected chi connectivity index (χ2v) is 6.39. The fraction of sp³-hybridized carbons (Fsp3) is 0.455. The van der Waals surface area contributed by atoms with Crippen molar-refractivity contribution in [1.29, 1.82) is 0 Å². The maximum absolute atomic E-state index is 11.9. The fourth-order valence-electron chi connectivity index (χ4n) is 1.61. The van der Waals surface area contributed by atoms with E-state index in [4.69, 9.17) is 5.73 Å². The first-order chi connectivity index (χ1) is 8.35. The van der Waals surface area contributed by atoms with E-state index in [9.17, 15) is 18.5 Å². The molecule has 0 bridgehead atoms. The van der Waals surface area contributed by atoms with Crippen LogP contribution in [0.15, 0.2) is 24.3 Å². The molecule has 0 fully saturated rings. The maximum Gasteiger partial charge on any atom is 0.273 e. The summed E-state index contributed by atoms with van der Waals surface area (Å²) in [5, 5.41) is 10.8. The molecule has 18 heavy (non-hydrogen) atoms. The summed E-state index contributed by atoms with van der Waals surface area (Å²) in [7, 11) is -3.39. The summed E-state index contributed by atoms with van der Waals surface area (Å²) in [6, 6.07) is 5.86. The van der Waals surface area contributed by atoms with Crippen molar-refractivity contribution in [2.24, 2.45) is 11.7 Å². The molecule has 1 rings (SSSR count). The van der Waals surface area contributed by atoms with Gasteiger partial charge in [0.1, 0.15) is 0 Å². The van der Waals surface area contributed by atoms with Crippen LogP contribution in [0, 0.1) is 16.0 Å². The molecule has 0 saturated heterocycles. The molecule has 1 unspecified atom stereocenters. The molecular formula is C11H16N2O4S. The number of hydrogen-bond acceptors (Lipinski definition) is 5. The Bertz CT molecular complexity index is 528. The molecule has 0 heterocycles. The van der Waals surface area contributed by atoms with Gasteiger partial charge in [-0.1, -0.05) is 25.1 Å². The van der Waals surface area contributed by atoms with Gasteiger partial charge < -0.3 is 5.73 Å². The Morgan fingerprint density at radius 3 is 2.56 bits per heavy atom. The SMILES string of the molecule is CC(CN)CS(=O)(=O)Cc1ccccc1[N+](=O)[O-]. The molecule has 2 N–H and O–H groups in total. The summed E-state index contributed by atoms with van der Waals surface area (Å²) in [6.07, 6.45) is 0. The predicted octanol–water partition coefficient (Wildman–Crippen LogP) is 1.10. The molecule has 0 aliphatic rings. The quantitative estimate of drug-likeness (QED) is 0.617. The number of benzene rings is 1. The van der Waals surface area contributed by atoms with Gasteiger partial charge in [0.05, 0.1) is 16.4 Å². The lowest BCUT2D eigenvalue weighted by molar-refractivity contribution is -0.385. The minimum atomic E-state index is -3.39. The third-order valence-corrected chi connectivity index (χ3v) is 4.33. The van der Waals surface area contributed by atoms with Crippen LogP contribution in [0.25, 0.3) is 0 Å². The molecule has 1 atom stereocenters. The Labute approximate surface area is 106 Å². The van der Waals surface area contributed by atoms with Crippen molar-refractivity contribution in [3.8, 4) is 0 Å². The van der Waals surface area contributed by atoms with Crippen LogP contribution >= 0.6 is 0 Å². The van der Waals surface area contributed by atoms with Crippen molar-refractivity contribution in [2.75, 3.05) is 12.3 Å². The Kier molecular flexibility index (Phi) is 4.80. The van der Waals surface area contributed by atoms with Crippen molar-refractivity contribution >= 4 is 15.5 Å². The van der Waals surface area contributed by atoms with Crippen LogP contribution in [-0.4, -0.2) is 25.6 Å². The largest absolute Gasteiger partial charge is 0.330 e. The van der Waals surface area contributed by atoms with Gasteiger partial charge in [-0.05, 0) is 12.5 Å². The van der Waals surface area contributed by atoms with Crippen molar-refractivity contribution in [1.82, 2.24) is 0 Å². The smallest absolute Gasteiger partial charge is 0.273 e. The molecule has 1 aromatic carbocycles. The topological polar surface area (TPSA) is 103 Å². The predicted molar refractivity (Wildman–Crippen MR) is 68.8 cm³/mol. The lowest BCUT2D eigenvalue weighted by atomic mass is 10.2. The van der Waals surface area contributed by atoms with Gasteiger partial charge in [-0.15, -0.1) is 0 Å². The second kappa shape index (κ2) is 5.92. The van der Waals surface area contributed by atoms with Crippen molar-refractivity contribution in [2.45, 2.75) is 12.7 Å². The van der Waals surface area contributed by atoms with E-state index in [0.717, 1.165) is 0 Å². The number of nitro benzene ring substituents is 1. The second-order valence-electron chi connectivity index (χ2n) is 4.28. The zero-order valence-electron chi connectivity index (χ0n) is 10.1. The standard InChI is InChI=1S/C11H16N2O4S/c1-9(6-12)7-18(16,17)8-10-4-2-3-5-11(10)13(14)15/h2-5,9H,6-8,12H2,1H3. The first-order valence-corrected chi connectivity index (χ1v) is 7.30. The lowest BCUT2D eigenvalue weighted by Gasteiger charge is -2.09. The number of rotatable bonds is 6. The highest BCUT2D eigenvalue weighted by molar-refractivity contribution is 7.90. The molecule has 0 saturated carbocycles. The monoisotopic (exact) mass is 272 g/mol. The summed E-state index contributed by atoms with van der Waals surface area (Å²) < 4.78 is 23.7. The van der Waals surface area contributed by atoms with E-state index in [1.54, 1.807) is 13.0 Å². The zero-order chi connectivity index (χ0) is 13.8. The van der Waals surface area contributed by atoms with E-state index < -0.39 is 14.8 Å². The van der Waals surface area contributed by atoms with Crippen molar-refractivity contribution in [3.05, 3.63) is 39.9 Å². The average Bonchev–Trinajstić information content (AvgIpc) is 2.28. The van der Waals surface area contributed by atoms with Crippen LogP contribution in [0.4, 0.5) is 5.69 Å². The van der Waals surface area contributed by atoms with Crippen LogP contribution in [0.3, 0.4) is 0 Å². The molecule has 0 radical (unpaired) electrons. The summed E-state index contributed by atoms with van der Waals surface area (Å²) >= 11 is 0. The highest BCUT2D eigenvalue weighted by Gasteiger charge is 2.21. The molecule has 7 heteroatoms. The van der Waals surface area contributed by atoms with E-state index in [1.807, 2.05) is 0 Å². The van der Waals surface area contributed by atoms with Crippen LogP contribution in [0.2, 0.25) is 0 Å². The lowest BCUT2D eigenvalue weighted by Crippen LogP contribution is -2.22. The molecule has 0 aliphatic heterocycles. The number of sulfone groups is 1.